The van der Waals surface area contributed by atoms with E-state index in [-0.39, 0.29) is 0 Å². The van der Waals surface area contributed by atoms with Crippen molar-refractivity contribution in [1.29, 1.82) is 0 Å². The number of para-hydroxylation sites is 1. The Bertz CT molecular complexity index is 267. The minimum Gasteiger partial charge on any atom is -0.467 e. The Kier molecular flexibility index (Phi) is 2.00. The van der Waals surface area contributed by atoms with Crippen LogP contribution in [-0.4, -0.2) is 6.79 Å². The molecule has 0 saturated heterocycles. The van der Waals surface area contributed by atoms with Crippen molar-refractivity contribution in [3.8, 4) is 5.75 Å². The monoisotopic (exact) mass is 164 g/mol. The van der Waals surface area contributed by atoms with Crippen LogP contribution in [-0.2, 0) is 17.8 Å². The summed E-state index contributed by atoms with van der Waals surface area (Å²) in [6, 6.07) is 6.20. The molecular formula is C10H12O2. The minimum absolute atomic E-state index is 0.393. The first-order valence-corrected chi connectivity index (χ1v) is 4.23. The topological polar surface area (TPSA) is 18.5 Å². The average Bonchev–Trinajstić information content (AvgIpc) is 2.17. The molecule has 0 fully saturated rings. The van der Waals surface area contributed by atoms with Crippen LogP contribution in [0, 0.1) is 0 Å². The van der Waals surface area contributed by atoms with E-state index in [0.717, 1.165) is 12.2 Å². The number of rotatable bonds is 1. The maximum atomic E-state index is 5.42. The quantitative estimate of drug-likeness (QED) is 0.633. The summed E-state index contributed by atoms with van der Waals surface area (Å²) < 4.78 is 10.6. The number of ether oxygens (including phenoxy) is 2. The molecule has 64 valence electrons. The molecule has 1 aromatic rings. The highest BCUT2D eigenvalue weighted by Gasteiger charge is 2.12. The highest BCUT2D eigenvalue weighted by Crippen LogP contribution is 2.27. The number of benzene rings is 1. The second-order valence-corrected chi connectivity index (χ2v) is 2.87. The van der Waals surface area contributed by atoms with Crippen LogP contribution in [0.5, 0.6) is 5.75 Å². The molecule has 1 aromatic carbocycles. The van der Waals surface area contributed by atoms with Gasteiger partial charge < -0.3 is 9.47 Å². The maximum absolute atomic E-state index is 5.42. The summed E-state index contributed by atoms with van der Waals surface area (Å²) in [5.74, 6) is 1.03. The van der Waals surface area contributed by atoms with Gasteiger partial charge in [-0.1, -0.05) is 25.1 Å². The van der Waals surface area contributed by atoms with Crippen molar-refractivity contribution < 1.29 is 9.47 Å². The summed E-state index contributed by atoms with van der Waals surface area (Å²) >= 11 is 0. The van der Waals surface area contributed by atoms with Crippen LogP contribution in [0.25, 0.3) is 0 Å². The molecule has 0 N–H and O–H groups in total. The van der Waals surface area contributed by atoms with E-state index in [0.29, 0.717) is 13.4 Å². The Hall–Kier alpha value is -1.02. The number of hydrogen-bond donors (Lipinski definition) is 0. The summed E-state index contributed by atoms with van der Waals surface area (Å²) in [6.07, 6.45) is 1.02. The van der Waals surface area contributed by atoms with Gasteiger partial charge in [0.15, 0.2) is 6.79 Å². The fourth-order valence-electron chi connectivity index (χ4n) is 1.47. The van der Waals surface area contributed by atoms with Gasteiger partial charge in [-0.3, -0.25) is 0 Å². The summed E-state index contributed by atoms with van der Waals surface area (Å²) in [4.78, 5) is 0. The van der Waals surface area contributed by atoms with Gasteiger partial charge in [-0.2, -0.15) is 0 Å². The average molecular weight is 164 g/mol. The number of aryl methyl sites for hydroxylation is 1. The molecule has 1 aliphatic rings. The van der Waals surface area contributed by atoms with E-state index in [9.17, 15) is 0 Å². The van der Waals surface area contributed by atoms with Crippen molar-refractivity contribution in [1.82, 2.24) is 0 Å². The van der Waals surface area contributed by atoms with Crippen LogP contribution in [0.1, 0.15) is 18.1 Å². The van der Waals surface area contributed by atoms with Crippen LogP contribution in [0.2, 0.25) is 0 Å². The third kappa shape index (κ3) is 1.18. The summed E-state index contributed by atoms with van der Waals surface area (Å²) in [7, 11) is 0. The Morgan fingerprint density at radius 3 is 3.17 bits per heavy atom. The van der Waals surface area contributed by atoms with E-state index in [1.807, 2.05) is 6.07 Å². The van der Waals surface area contributed by atoms with Crippen molar-refractivity contribution in [2.24, 2.45) is 0 Å². The van der Waals surface area contributed by atoms with Gasteiger partial charge in [0.25, 0.3) is 0 Å². The van der Waals surface area contributed by atoms with Gasteiger partial charge in [-0.15, -0.1) is 0 Å². The first kappa shape index (κ1) is 7.62. The fourth-order valence-corrected chi connectivity index (χ4v) is 1.47. The van der Waals surface area contributed by atoms with Gasteiger partial charge >= 0.3 is 0 Å². The van der Waals surface area contributed by atoms with E-state index in [2.05, 4.69) is 19.1 Å². The van der Waals surface area contributed by atoms with Crippen LogP contribution in [0.4, 0.5) is 0 Å². The zero-order valence-corrected chi connectivity index (χ0v) is 7.17. The Balaban J connectivity index is 2.44. The second kappa shape index (κ2) is 3.15. The van der Waals surface area contributed by atoms with E-state index in [1.54, 1.807) is 0 Å². The summed E-state index contributed by atoms with van der Waals surface area (Å²) in [6.45, 7) is 3.21. The van der Waals surface area contributed by atoms with Gasteiger partial charge in [0.1, 0.15) is 5.75 Å². The molecule has 0 atom stereocenters. The zero-order chi connectivity index (χ0) is 8.39. The first-order valence-electron chi connectivity index (χ1n) is 4.23. The Morgan fingerprint density at radius 2 is 2.33 bits per heavy atom. The lowest BCUT2D eigenvalue weighted by Gasteiger charge is -2.19. The molecule has 1 aliphatic heterocycles. The van der Waals surface area contributed by atoms with Gasteiger partial charge in [-0.25, -0.2) is 0 Å². The first-order chi connectivity index (χ1) is 5.92. The lowest BCUT2D eigenvalue weighted by molar-refractivity contribution is -0.0170. The van der Waals surface area contributed by atoms with Crippen molar-refractivity contribution in [3.05, 3.63) is 29.3 Å². The van der Waals surface area contributed by atoms with Gasteiger partial charge in [-0.05, 0) is 12.0 Å². The third-order valence-electron chi connectivity index (χ3n) is 2.10. The Morgan fingerprint density at radius 1 is 1.42 bits per heavy atom. The molecule has 2 nitrogen and oxygen atoms in total. The molecule has 0 radical (unpaired) electrons. The fraction of sp³-hybridized carbons (Fsp3) is 0.400. The molecule has 12 heavy (non-hydrogen) atoms. The molecule has 0 spiro atoms. The summed E-state index contributed by atoms with van der Waals surface area (Å²) in [5.41, 5.74) is 2.44. The lowest BCUT2D eigenvalue weighted by Crippen LogP contribution is -2.12. The molecule has 1 heterocycles. The maximum Gasteiger partial charge on any atom is 0.189 e. The van der Waals surface area contributed by atoms with Gasteiger partial charge in [0.05, 0.1) is 6.61 Å². The number of fused-ring (bicyclic) bond motifs is 1. The highest BCUT2D eigenvalue weighted by atomic mass is 16.7. The molecule has 0 aliphatic carbocycles. The molecule has 0 saturated carbocycles. The Labute approximate surface area is 72.1 Å². The zero-order valence-electron chi connectivity index (χ0n) is 7.17. The van der Waals surface area contributed by atoms with E-state index < -0.39 is 0 Å². The highest BCUT2D eigenvalue weighted by molar-refractivity contribution is 5.41. The van der Waals surface area contributed by atoms with E-state index in [1.165, 1.54) is 11.1 Å². The predicted octanol–water partition coefficient (Wildman–Crippen LogP) is 2.12. The molecular weight excluding hydrogens is 152 g/mol. The molecule has 0 amide bonds. The molecule has 2 heteroatoms. The third-order valence-corrected chi connectivity index (χ3v) is 2.10. The van der Waals surface area contributed by atoms with Crippen LogP contribution in [0.3, 0.4) is 0 Å². The van der Waals surface area contributed by atoms with Crippen molar-refractivity contribution in [2.45, 2.75) is 20.0 Å². The van der Waals surface area contributed by atoms with Crippen molar-refractivity contribution in [2.75, 3.05) is 6.79 Å². The molecule has 0 aromatic heterocycles. The second-order valence-electron chi connectivity index (χ2n) is 2.87. The smallest absolute Gasteiger partial charge is 0.189 e. The normalized spacial score (nSPS) is 15.1. The SMILES string of the molecule is CCc1cccc2c1OCOC2. The van der Waals surface area contributed by atoms with Crippen molar-refractivity contribution in [3.63, 3.8) is 0 Å². The predicted molar refractivity (Wildman–Crippen MR) is 46.1 cm³/mol. The van der Waals surface area contributed by atoms with E-state index >= 15 is 0 Å². The number of hydrogen-bond acceptors (Lipinski definition) is 2. The molecule has 0 unspecified atom stereocenters. The molecule has 0 bridgehead atoms. The summed E-state index contributed by atoms with van der Waals surface area (Å²) in [5, 5.41) is 0. The van der Waals surface area contributed by atoms with Crippen molar-refractivity contribution >= 4 is 0 Å². The minimum atomic E-state index is 0.393. The van der Waals surface area contributed by atoms with Gasteiger partial charge in [0, 0.05) is 5.56 Å². The van der Waals surface area contributed by atoms with Crippen LogP contribution >= 0.6 is 0 Å². The molecule has 2 rings (SSSR count). The van der Waals surface area contributed by atoms with Crippen LogP contribution in [0.15, 0.2) is 18.2 Å². The van der Waals surface area contributed by atoms with E-state index in [4.69, 9.17) is 9.47 Å². The van der Waals surface area contributed by atoms with Crippen LogP contribution < -0.4 is 4.74 Å². The standard InChI is InChI=1S/C10H12O2/c1-2-8-4-3-5-9-6-11-7-12-10(8)9/h3-5H,2,6-7H2,1H3. The largest absolute Gasteiger partial charge is 0.467 e. The van der Waals surface area contributed by atoms with Gasteiger partial charge in [0.2, 0.25) is 0 Å². The lowest BCUT2D eigenvalue weighted by atomic mass is 10.1.